The van der Waals surface area contributed by atoms with E-state index >= 15 is 0 Å². The topological polar surface area (TPSA) is 96.4 Å². The molecule has 3 aromatic rings. The van der Waals surface area contributed by atoms with Crippen LogP contribution in [0.5, 0.6) is 5.75 Å². The number of fused-ring (bicyclic) bond motifs is 1. The lowest BCUT2D eigenvalue weighted by atomic mass is 9.92. The second kappa shape index (κ2) is 14.8. The maximum atomic E-state index is 14.5. The molecule has 0 spiro atoms. The van der Waals surface area contributed by atoms with Crippen LogP contribution in [0.15, 0.2) is 91.5 Å². The molecule has 0 unspecified atom stereocenters. The minimum Gasteiger partial charge on any atom is -0.508 e. The number of carbonyl (C=O) groups is 3. The fraction of sp³-hybridized carbons (Fsp3) is 0.395. The van der Waals surface area contributed by atoms with E-state index in [0.29, 0.717) is 38.9 Å². The van der Waals surface area contributed by atoms with E-state index in [1.807, 2.05) is 53.4 Å². The Bertz CT molecular complexity index is 1560. The van der Waals surface area contributed by atoms with Crippen molar-refractivity contribution >= 4 is 23.5 Å². The number of amides is 4. The van der Waals surface area contributed by atoms with Crippen LogP contribution in [-0.2, 0) is 29.1 Å². The van der Waals surface area contributed by atoms with Crippen LogP contribution in [0.4, 0.5) is 10.5 Å². The highest BCUT2D eigenvalue weighted by atomic mass is 16.3. The highest BCUT2D eigenvalue weighted by Crippen LogP contribution is 2.31. The summed E-state index contributed by atoms with van der Waals surface area (Å²) in [5, 5.41) is 13.0. The summed E-state index contributed by atoms with van der Waals surface area (Å²) >= 11 is 0. The Labute approximate surface area is 277 Å². The number of benzene rings is 3. The van der Waals surface area contributed by atoms with Gasteiger partial charge in [-0.2, -0.15) is 0 Å². The van der Waals surface area contributed by atoms with Gasteiger partial charge in [0, 0.05) is 51.3 Å². The van der Waals surface area contributed by atoms with Crippen molar-refractivity contribution in [1.82, 2.24) is 20.0 Å². The molecule has 3 heterocycles. The van der Waals surface area contributed by atoms with E-state index in [4.69, 9.17) is 0 Å². The van der Waals surface area contributed by atoms with E-state index in [0.717, 1.165) is 35.5 Å². The van der Waals surface area contributed by atoms with Gasteiger partial charge in [-0.15, -0.1) is 6.58 Å². The first kappa shape index (κ1) is 32.2. The highest BCUT2D eigenvalue weighted by Gasteiger charge is 2.47. The molecule has 9 heteroatoms. The quantitative estimate of drug-likeness (QED) is 0.311. The van der Waals surface area contributed by atoms with Gasteiger partial charge in [-0.05, 0) is 72.6 Å². The summed E-state index contributed by atoms with van der Waals surface area (Å²) in [6.07, 6.45) is 5.42. The zero-order valence-corrected chi connectivity index (χ0v) is 27.0. The summed E-state index contributed by atoms with van der Waals surface area (Å²) < 4.78 is 0. The molecule has 0 saturated carbocycles. The Hall–Kier alpha value is -4.79. The standard InChI is InChI=1S/C38H45N5O4/c1-2-9-28-18-21-42(38(47)39-25-30-10-4-3-5-11-30)35-27-41(26-31-12-8-13-32(22-31)40-19-6-7-20-40)37(46)34(43(35)36(45)24-28)23-29-14-16-33(44)17-15-29/h2-5,8,10-17,22,28,34-35,44H,1,6-7,9,18-21,23-27H2,(H,39,47)/t28-,34-,35+/m0/s1. The molecule has 3 aliphatic heterocycles. The molecule has 47 heavy (non-hydrogen) atoms. The number of nitrogens with one attached hydrogen (secondary N) is 1. The van der Waals surface area contributed by atoms with E-state index in [9.17, 15) is 19.5 Å². The predicted octanol–water partition coefficient (Wildman–Crippen LogP) is 5.30. The molecule has 0 bridgehead atoms. The van der Waals surface area contributed by atoms with Crippen LogP contribution in [0.1, 0.15) is 48.8 Å². The second-order valence-electron chi connectivity index (χ2n) is 13.0. The number of urea groups is 1. The van der Waals surface area contributed by atoms with E-state index < -0.39 is 12.2 Å². The smallest absolute Gasteiger partial charge is 0.319 e. The summed E-state index contributed by atoms with van der Waals surface area (Å²) in [5.74, 6) is -0.118. The number of phenolic OH excluding ortho intramolecular Hbond substituents is 1. The maximum Gasteiger partial charge on any atom is 0.319 e. The lowest BCUT2D eigenvalue weighted by Crippen LogP contribution is -2.70. The largest absolute Gasteiger partial charge is 0.508 e. The first-order chi connectivity index (χ1) is 22.9. The summed E-state index contributed by atoms with van der Waals surface area (Å²) in [6.45, 7) is 7.36. The fourth-order valence-corrected chi connectivity index (χ4v) is 7.21. The first-order valence-corrected chi connectivity index (χ1v) is 16.8. The molecular formula is C38H45N5O4. The molecule has 0 aromatic heterocycles. The van der Waals surface area contributed by atoms with Crippen molar-refractivity contribution in [3.05, 3.63) is 108 Å². The Kier molecular flexibility index (Phi) is 10.1. The van der Waals surface area contributed by atoms with Crippen molar-refractivity contribution in [2.75, 3.05) is 31.1 Å². The molecule has 246 valence electrons. The van der Waals surface area contributed by atoms with E-state index in [2.05, 4.69) is 28.9 Å². The lowest BCUT2D eigenvalue weighted by molar-refractivity contribution is -0.164. The van der Waals surface area contributed by atoms with Crippen LogP contribution in [0.2, 0.25) is 0 Å². The second-order valence-corrected chi connectivity index (χ2v) is 13.0. The summed E-state index contributed by atoms with van der Waals surface area (Å²) in [7, 11) is 0. The van der Waals surface area contributed by atoms with Crippen LogP contribution in [0.25, 0.3) is 0 Å². The van der Waals surface area contributed by atoms with Gasteiger partial charge in [0.05, 0.1) is 6.54 Å². The molecule has 4 amide bonds. The molecule has 0 aliphatic carbocycles. The van der Waals surface area contributed by atoms with Gasteiger partial charge in [0.2, 0.25) is 11.8 Å². The molecule has 3 atom stereocenters. The first-order valence-electron chi connectivity index (χ1n) is 16.8. The lowest BCUT2D eigenvalue weighted by Gasteiger charge is -2.51. The van der Waals surface area contributed by atoms with E-state index in [-0.39, 0.29) is 42.5 Å². The van der Waals surface area contributed by atoms with Gasteiger partial charge >= 0.3 is 6.03 Å². The molecule has 3 fully saturated rings. The molecule has 9 nitrogen and oxygen atoms in total. The molecule has 3 aliphatic rings. The van der Waals surface area contributed by atoms with Crippen molar-refractivity contribution in [2.45, 2.75) is 63.8 Å². The average Bonchev–Trinajstić information content (AvgIpc) is 3.62. The number of phenols is 1. The summed E-state index contributed by atoms with van der Waals surface area (Å²) in [5.41, 5.74) is 3.98. The molecule has 6 rings (SSSR count). The van der Waals surface area contributed by atoms with Gasteiger partial charge in [0.1, 0.15) is 18.0 Å². The van der Waals surface area contributed by atoms with Crippen molar-refractivity contribution in [2.24, 2.45) is 5.92 Å². The minimum absolute atomic E-state index is 0.0150. The fourth-order valence-electron chi connectivity index (χ4n) is 7.21. The van der Waals surface area contributed by atoms with Gasteiger partial charge in [-0.25, -0.2) is 4.79 Å². The minimum atomic E-state index is -0.806. The average molecular weight is 636 g/mol. The number of piperazine rings is 1. The zero-order valence-electron chi connectivity index (χ0n) is 27.0. The van der Waals surface area contributed by atoms with E-state index in [1.54, 1.807) is 34.1 Å². The van der Waals surface area contributed by atoms with Gasteiger partial charge < -0.3 is 30.0 Å². The van der Waals surface area contributed by atoms with Crippen molar-refractivity contribution in [3.8, 4) is 5.75 Å². The Morgan fingerprint density at radius 1 is 0.915 bits per heavy atom. The molecule has 2 N–H and O–H groups in total. The molecular weight excluding hydrogens is 590 g/mol. The molecule has 0 radical (unpaired) electrons. The van der Waals surface area contributed by atoms with Crippen LogP contribution >= 0.6 is 0 Å². The molecule has 3 aromatic carbocycles. The van der Waals surface area contributed by atoms with Gasteiger partial charge in [-0.1, -0.05) is 60.7 Å². The Morgan fingerprint density at radius 2 is 1.66 bits per heavy atom. The third kappa shape index (κ3) is 7.62. The number of aromatic hydroxyl groups is 1. The number of allylic oxidation sites excluding steroid dienone is 1. The van der Waals surface area contributed by atoms with E-state index in [1.165, 1.54) is 12.8 Å². The predicted molar refractivity (Wildman–Crippen MR) is 182 cm³/mol. The zero-order chi connectivity index (χ0) is 32.8. The Morgan fingerprint density at radius 3 is 2.40 bits per heavy atom. The van der Waals surface area contributed by atoms with Crippen LogP contribution in [0.3, 0.4) is 0 Å². The highest BCUT2D eigenvalue weighted by molar-refractivity contribution is 5.90. The molecule has 3 saturated heterocycles. The number of rotatable bonds is 9. The normalized spacial score (nSPS) is 21.7. The maximum absolute atomic E-state index is 14.5. The third-order valence-electron chi connectivity index (χ3n) is 9.69. The third-order valence-corrected chi connectivity index (χ3v) is 9.69. The number of hydrogen-bond acceptors (Lipinski definition) is 5. The summed E-state index contributed by atoms with van der Waals surface area (Å²) in [4.78, 5) is 50.4. The number of carbonyl (C=O) groups excluding carboxylic acids is 3. The van der Waals surface area contributed by atoms with Gasteiger partial charge in [0.15, 0.2) is 0 Å². The Balaban J connectivity index is 1.34. The van der Waals surface area contributed by atoms with Crippen molar-refractivity contribution in [3.63, 3.8) is 0 Å². The van der Waals surface area contributed by atoms with Crippen LogP contribution < -0.4 is 10.2 Å². The van der Waals surface area contributed by atoms with Crippen molar-refractivity contribution in [1.29, 1.82) is 0 Å². The monoisotopic (exact) mass is 635 g/mol. The van der Waals surface area contributed by atoms with Crippen molar-refractivity contribution < 1.29 is 19.5 Å². The SMILES string of the molecule is C=CC[C@H]1CCN(C(=O)NCc2ccccc2)[C@H]2CN(Cc3cccc(N4CCCC4)c3)C(=O)[C@H](Cc3ccc(O)cc3)N2C(=O)C1. The van der Waals surface area contributed by atoms with Crippen LogP contribution in [-0.4, -0.2) is 76.0 Å². The van der Waals surface area contributed by atoms with Gasteiger partial charge in [-0.3, -0.25) is 9.59 Å². The number of anilines is 1. The number of hydrogen-bond donors (Lipinski definition) is 2. The summed E-state index contributed by atoms with van der Waals surface area (Å²) in [6, 6.07) is 23.8. The van der Waals surface area contributed by atoms with Gasteiger partial charge in [0.25, 0.3) is 0 Å². The number of nitrogens with zero attached hydrogens (tertiary/aromatic N) is 4. The van der Waals surface area contributed by atoms with Crippen LogP contribution in [0, 0.1) is 5.92 Å².